The van der Waals surface area contributed by atoms with E-state index in [0.717, 1.165) is 12.3 Å². The van der Waals surface area contributed by atoms with Gasteiger partial charge in [-0.3, -0.25) is 14.8 Å². The molecule has 2 heterocycles. The van der Waals surface area contributed by atoms with Gasteiger partial charge in [0.15, 0.2) is 0 Å². The van der Waals surface area contributed by atoms with Gasteiger partial charge in [0.2, 0.25) is 0 Å². The monoisotopic (exact) mass is 243 g/mol. The van der Waals surface area contributed by atoms with Crippen LogP contribution in [0.3, 0.4) is 0 Å². The van der Waals surface area contributed by atoms with Crippen molar-refractivity contribution in [3.63, 3.8) is 0 Å². The van der Waals surface area contributed by atoms with Gasteiger partial charge in [-0.05, 0) is 6.07 Å². The molecule has 0 atom stereocenters. The summed E-state index contributed by atoms with van der Waals surface area (Å²) in [5.41, 5.74) is -1.39. The van der Waals surface area contributed by atoms with Crippen molar-refractivity contribution in [1.29, 1.82) is 0 Å². The molecule has 0 saturated heterocycles. The number of hydrogen-bond acceptors (Lipinski definition) is 4. The second kappa shape index (κ2) is 4.15. The molecule has 0 fully saturated rings. The van der Waals surface area contributed by atoms with E-state index in [1.165, 1.54) is 0 Å². The van der Waals surface area contributed by atoms with Crippen LogP contribution in [0.5, 0.6) is 0 Å². The molecule has 0 bridgehead atoms. The number of aromatic amines is 2. The van der Waals surface area contributed by atoms with Gasteiger partial charge in [-0.1, -0.05) is 0 Å². The molecule has 8 heteroatoms. The summed E-state index contributed by atoms with van der Waals surface area (Å²) >= 11 is 0. The Kier molecular flexibility index (Phi) is 3.09. The standard InChI is InChI=1S/C8H5N3O4.ClH/c12-6-4-1-3(7(13)14)2-9-5(4)10-8(15)11-6;/h1-2H,(H,13,14)(H2,9,10,11,12,15);1H. The maximum absolute atomic E-state index is 11.3. The molecule has 0 aromatic carbocycles. The summed E-state index contributed by atoms with van der Waals surface area (Å²) in [6.45, 7) is 0. The highest BCUT2D eigenvalue weighted by Gasteiger charge is 2.07. The van der Waals surface area contributed by atoms with Crippen LogP contribution in [0.4, 0.5) is 0 Å². The predicted octanol–water partition coefficient (Wildman–Crippen LogP) is -0.269. The Bertz CT molecular complexity index is 660. The Morgan fingerprint density at radius 2 is 2.00 bits per heavy atom. The van der Waals surface area contributed by atoms with Crippen molar-refractivity contribution in [2.24, 2.45) is 0 Å². The van der Waals surface area contributed by atoms with E-state index in [9.17, 15) is 14.4 Å². The van der Waals surface area contributed by atoms with Crippen molar-refractivity contribution >= 4 is 29.4 Å². The Labute approximate surface area is 93.6 Å². The van der Waals surface area contributed by atoms with Crippen LogP contribution in [0.15, 0.2) is 21.9 Å². The van der Waals surface area contributed by atoms with Crippen LogP contribution in [0.1, 0.15) is 10.4 Å². The van der Waals surface area contributed by atoms with Crippen molar-refractivity contribution in [3.05, 3.63) is 38.7 Å². The van der Waals surface area contributed by atoms with Gasteiger partial charge in [0.05, 0.1) is 10.9 Å². The first-order valence-electron chi connectivity index (χ1n) is 3.93. The third-order valence-corrected chi connectivity index (χ3v) is 1.84. The van der Waals surface area contributed by atoms with Crippen LogP contribution in [-0.4, -0.2) is 26.0 Å². The Morgan fingerprint density at radius 3 is 2.62 bits per heavy atom. The normalized spacial score (nSPS) is 9.75. The molecule has 3 N–H and O–H groups in total. The van der Waals surface area contributed by atoms with E-state index in [1.54, 1.807) is 0 Å². The lowest BCUT2D eigenvalue weighted by Gasteiger charge is -1.96. The van der Waals surface area contributed by atoms with Crippen molar-refractivity contribution in [1.82, 2.24) is 15.0 Å². The number of carbonyl (C=O) groups is 1. The predicted molar refractivity (Wildman–Crippen MR) is 57.2 cm³/mol. The molecule has 0 saturated carbocycles. The quantitative estimate of drug-likeness (QED) is 0.638. The molecule has 2 rings (SSSR count). The molecule has 0 unspecified atom stereocenters. The van der Waals surface area contributed by atoms with Crippen molar-refractivity contribution in [2.45, 2.75) is 0 Å². The summed E-state index contributed by atoms with van der Waals surface area (Å²) in [5, 5.41) is 8.70. The topological polar surface area (TPSA) is 116 Å². The number of aromatic nitrogens is 3. The molecule has 0 aliphatic carbocycles. The first-order valence-corrected chi connectivity index (χ1v) is 3.93. The third kappa shape index (κ3) is 1.94. The number of carboxylic acids is 1. The number of halogens is 1. The number of rotatable bonds is 1. The van der Waals surface area contributed by atoms with Crippen molar-refractivity contribution in [3.8, 4) is 0 Å². The minimum atomic E-state index is -1.19. The Morgan fingerprint density at radius 1 is 1.31 bits per heavy atom. The first-order chi connectivity index (χ1) is 7.08. The van der Waals surface area contributed by atoms with E-state index >= 15 is 0 Å². The fourth-order valence-corrected chi connectivity index (χ4v) is 1.16. The fraction of sp³-hybridized carbons (Fsp3) is 0. The fourth-order valence-electron chi connectivity index (χ4n) is 1.16. The molecule has 0 aliphatic heterocycles. The number of nitrogens with one attached hydrogen (secondary N) is 2. The van der Waals surface area contributed by atoms with E-state index in [4.69, 9.17) is 5.11 Å². The molecule has 0 radical (unpaired) electrons. The van der Waals surface area contributed by atoms with Crippen LogP contribution in [0.25, 0.3) is 11.0 Å². The summed E-state index contributed by atoms with van der Waals surface area (Å²) in [6, 6.07) is 1.15. The smallest absolute Gasteiger partial charge is 0.337 e. The van der Waals surface area contributed by atoms with E-state index in [-0.39, 0.29) is 29.0 Å². The molecule has 16 heavy (non-hydrogen) atoms. The van der Waals surface area contributed by atoms with Gasteiger partial charge in [0.1, 0.15) is 5.65 Å². The maximum Gasteiger partial charge on any atom is 0.337 e. The number of fused-ring (bicyclic) bond motifs is 1. The van der Waals surface area contributed by atoms with Crippen LogP contribution in [0, 0.1) is 0 Å². The zero-order chi connectivity index (χ0) is 11.0. The highest BCUT2D eigenvalue weighted by Crippen LogP contribution is 2.04. The number of nitrogens with zero attached hydrogens (tertiary/aromatic N) is 1. The van der Waals surface area contributed by atoms with Crippen LogP contribution < -0.4 is 11.2 Å². The van der Waals surface area contributed by atoms with Crippen molar-refractivity contribution < 1.29 is 9.90 Å². The second-order valence-corrected chi connectivity index (χ2v) is 2.83. The first kappa shape index (κ1) is 11.9. The Balaban J connectivity index is 0.00000128. The lowest BCUT2D eigenvalue weighted by Crippen LogP contribution is -2.22. The van der Waals surface area contributed by atoms with Crippen LogP contribution >= 0.6 is 12.4 Å². The average Bonchev–Trinajstić information content (AvgIpc) is 2.16. The summed E-state index contributed by atoms with van der Waals surface area (Å²) in [5.74, 6) is -1.19. The lowest BCUT2D eigenvalue weighted by atomic mass is 10.2. The molecule has 0 spiro atoms. The van der Waals surface area contributed by atoms with E-state index in [1.807, 2.05) is 4.98 Å². The molecule has 0 aliphatic rings. The van der Waals surface area contributed by atoms with Gasteiger partial charge in [-0.15, -0.1) is 12.4 Å². The largest absolute Gasteiger partial charge is 0.478 e. The van der Waals surface area contributed by atoms with Crippen molar-refractivity contribution in [2.75, 3.05) is 0 Å². The third-order valence-electron chi connectivity index (χ3n) is 1.84. The molecule has 2 aromatic heterocycles. The minimum absolute atomic E-state index is 0. The maximum atomic E-state index is 11.3. The molecule has 0 amide bonds. The van der Waals surface area contributed by atoms with Gasteiger partial charge < -0.3 is 5.11 Å². The van der Waals surface area contributed by atoms with E-state index < -0.39 is 17.2 Å². The summed E-state index contributed by atoms with van der Waals surface area (Å²) in [4.78, 5) is 40.6. The van der Waals surface area contributed by atoms with Gasteiger partial charge in [0, 0.05) is 6.20 Å². The number of pyridine rings is 1. The molecular weight excluding hydrogens is 238 g/mol. The summed E-state index contributed by atoms with van der Waals surface area (Å²) in [7, 11) is 0. The number of aromatic carboxylic acids is 1. The van der Waals surface area contributed by atoms with Gasteiger partial charge in [0.25, 0.3) is 5.56 Å². The lowest BCUT2D eigenvalue weighted by molar-refractivity contribution is 0.0696. The zero-order valence-corrected chi connectivity index (χ0v) is 8.50. The van der Waals surface area contributed by atoms with E-state index in [2.05, 4.69) is 9.97 Å². The minimum Gasteiger partial charge on any atom is -0.478 e. The SMILES string of the molecule is Cl.O=C(O)c1cnc2[nH]c(=O)[nH]c(=O)c2c1. The average molecular weight is 244 g/mol. The summed E-state index contributed by atoms with van der Waals surface area (Å²) in [6.07, 6.45) is 1.07. The Hall–Kier alpha value is -2.15. The molecule has 84 valence electrons. The van der Waals surface area contributed by atoms with Gasteiger partial charge in [-0.2, -0.15) is 0 Å². The van der Waals surface area contributed by atoms with Gasteiger partial charge >= 0.3 is 11.7 Å². The highest BCUT2D eigenvalue weighted by molar-refractivity contribution is 5.91. The van der Waals surface area contributed by atoms with Crippen LogP contribution in [0.2, 0.25) is 0 Å². The molecule has 7 nitrogen and oxygen atoms in total. The summed E-state index contributed by atoms with van der Waals surface area (Å²) < 4.78 is 0. The number of H-pyrrole nitrogens is 2. The van der Waals surface area contributed by atoms with Crippen LogP contribution in [-0.2, 0) is 0 Å². The number of hydrogen-bond donors (Lipinski definition) is 3. The molecular formula is C8H6ClN3O4. The number of carboxylic acid groups (broad SMARTS) is 1. The highest BCUT2D eigenvalue weighted by atomic mass is 35.5. The second-order valence-electron chi connectivity index (χ2n) is 2.83. The van der Waals surface area contributed by atoms with E-state index in [0.29, 0.717) is 0 Å². The van der Waals surface area contributed by atoms with Gasteiger partial charge in [-0.25, -0.2) is 14.6 Å². The zero-order valence-electron chi connectivity index (χ0n) is 7.68. The molecule has 2 aromatic rings.